The van der Waals surface area contributed by atoms with E-state index in [1.165, 1.54) is 5.56 Å². The Morgan fingerprint density at radius 3 is 2.50 bits per heavy atom. The Hall–Kier alpha value is -2.75. The van der Waals surface area contributed by atoms with Crippen LogP contribution in [0.5, 0.6) is 17.2 Å². The van der Waals surface area contributed by atoms with Crippen molar-refractivity contribution in [2.75, 3.05) is 6.61 Å². The van der Waals surface area contributed by atoms with Gasteiger partial charge in [0.25, 0.3) is 0 Å². The van der Waals surface area contributed by atoms with Gasteiger partial charge in [0.05, 0.1) is 6.54 Å². The van der Waals surface area contributed by atoms with Crippen molar-refractivity contribution in [1.82, 2.24) is 9.78 Å². The van der Waals surface area contributed by atoms with Gasteiger partial charge in [-0.05, 0) is 55.0 Å². The summed E-state index contributed by atoms with van der Waals surface area (Å²) in [6, 6.07) is 17.5. The highest BCUT2D eigenvalue weighted by molar-refractivity contribution is 5.36. The molecule has 0 atom stereocenters. The van der Waals surface area contributed by atoms with Crippen LogP contribution in [0.3, 0.4) is 0 Å². The molecule has 0 fully saturated rings. The van der Waals surface area contributed by atoms with Gasteiger partial charge in [-0.3, -0.25) is 4.68 Å². The average Bonchev–Trinajstić information content (AvgIpc) is 3.02. The number of hydrogen-bond acceptors (Lipinski definition) is 3. The second-order valence-electron chi connectivity index (χ2n) is 5.01. The van der Waals surface area contributed by atoms with E-state index in [-0.39, 0.29) is 0 Å². The number of hydrogen-bond donors (Lipinski definition) is 0. The monoisotopic (exact) mass is 294 g/mol. The molecule has 4 nitrogen and oxygen atoms in total. The third-order valence-electron chi connectivity index (χ3n) is 3.20. The fourth-order valence-corrected chi connectivity index (χ4v) is 2.11. The normalized spacial score (nSPS) is 10.4. The molecule has 0 aliphatic heterocycles. The molecule has 0 aliphatic rings. The fourth-order valence-electron chi connectivity index (χ4n) is 2.11. The predicted molar refractivity (Wildman–Crippen MR) is 85.4 cm³/mol. The summed E-state index contributed by atoms with van der Waals surface area (Å²) in [5, 5.41) is 4.13. The number of ether oxygens (including phenoxy) is 2. The molecule has 0 aliphatic carbocycles. The van der Waals surface area contributed by atoms with Crippen molar-refractivity contribution >= 4 is 0 Å². The Balaban J connectivity index is 1.53. The molecule has 0 saturated heterocycles. The molecule has 0 amide bonds. The van der Waals surface area contributed by atoms with Gasteiger partial charge in [0, 0.05) is 12.4 Å². The molecule has 1 heterocycles. The summed E-state index contributed by atoms with van der Waals surface area (Å²) in [5.74, 6) is 2.46. The third kappa shape index (κ3) is 3.88. The van der Waals surface area contributed by atoms with E-state index in [0.29, 0.717) is 6.61 Å². The van der Waals surface area contributed by atoms with Crippen LogP contribution in [0, 0.1) is 6.92 Å². The minimum absolute atomic E-state index is 0.583. The summed E-state index contributed by atoms with van der Waals surface area (Å²) in [7, 11) is 0. The van der Waals surface area contributed by atoms with Crippen LogP contribution >= 0.6 is 0 Å². The maximum absolute atomic E-state index is 5.81. The first-order chi connectivity index (χ1) is 10.8. The van der Waals surface area contributed by atoms with Gasteiger partial charge in [0.2, 0.25) is 0 Å². The molecule has 0 bridgehead atoms. The van der Waals surface area contributed by atoms with Crippen molar-refractivity contribution in [3.8, 4) is 17.2 Å². The smallest absolute Gasteiger partial charge is 0.127 e. The predicted octanol–water partition coefficient (Wildman–Crippen LogP) is 4.06. The third-order valence-corrected chi connectivity index (χ3v) is 3.20. The van der Waals surface area contributed by atoms with Gasteiger partial charge in [-0.15, -0.1) is 0 Å². The van der Waals surface area contributed by atoms with E-state index in [1.807, 2.05) is 72.4 Å². The van der Waals surface area contributed by atoms with E-state index in [4.69, 9.17) is 9.47 Å². The molecule has 3 aromatic rings. The molecule has 0 radical (unpaired) electrons. The van der Waals surface area contributed by atoms with E-state index in [2.05, 4.69) is 5.10 Å². The zero-order valence-corrected chi connectivity index (χ0v) is 12.5. The first kappa shape index (κ1) is 14.2. The average molecular weight is 294 g/mol. The Morgan fingerprint density at radius 2 is 1.77 bits per heavy atom. The molecule has 0 N–H and O–H groups in total. The molecule has 1 aromatic heterocycles. The Bertz CT molecular complexity index is 706. The van der Waals surface area contributed by atoms with Crippen molar-refractivity contribution in [3.63, 3.8) is 0 Å². The van der Waals surface area contributed by atoms with E-state index >= 15 is 0 Å². The largest absolute Gasteiger partial charge is 0.492 e. The van der Waals surface area contributed by atoms with Crippen molar-refractivity contribution in [2.24, 2.45) is 0 Å². The van der Waals surface area contributed by atoms with Crippen LogP contribution in [-0.4, -0.2) is 16.4 Å². The van der Waals surface area contributed by atoms with Crippen molar-refractivity contribution in [2.45, 2.75) is 13.5 Å². The van der Waals surface area contributed by atoms with E-state index in [0.717, 1.165) is 23.8 Å². The lowest BCUT2D eigenvalue weighted by Crippen LogP contribution is -2.08. The summed E-state index contributed by atoms with van der Waals surface area (Å²) < 4.78 is 13.3. The lowest BCUT2D eigenvalue weighted by Gasteiger charge is -2.09. The molecule has 4 heteroatoms. The van der Waals surface area contributed by atoms with Gasteiger partial charge in [-0.25, -0.2) is 0 Å². The van der Waals surface area contributed by atoms with E-state index in [1.54, 1.807) is 6.20 Å². The van der Waals surface area contributed by atoms with Crippen LogP contribution in [-0.2, 0) is 6.54 Å². The molecule has 3 rings (SSSR count). The molecule has 0 unspecified atom stereocenters. The van der Waals surface area contributed by atoms with E-state index in [9.17, 15) is 0 Å². The molecule has 112 valence electrons. The SMILES string of the molecule is Cc1cccc(Oc2ccc(OCCn3cccn3)cc2)c1. The number of aryl methyl sites for hydroxylation is 1. The van der Waals surface area contributed by atoms with Gasteiger partial charge in [-0.1, -0.05) is 12.1 Å². The van der Waals surface area contributed by atoms with Crippen LogP contribution in [0.15, 0.2) is 67.0 Å². The highest BCUT2D eigenvalue weighted by Gasteiger charge is 1.99. The molecular formula is C18H18N2O2. The zero-order valence-electron chi connectivity index (χ0n) is 12.5. The van der Waals surface area contributed by atoms with Crippen LogP contribution in [0.1, 0.15) is 5.56 Å². The second-order valence-corrected chi connectivity index (χ2v) is 5.01. The summed E-state index contributed by atoms with van der Waals surface area (Å²) >= 11 is 0. The maximum atomic E-state index is 5.81. The standard InChI is InChI=1S/C18H18N2O2/c1-15-4-2-5-18(14-15)22-17-8-6-16(7-9-17)21-13-12-20-11-3-10-19-20/h2-11,14H,12-13H2,1H3. The second kappa shape index (κ2) is 6.80. The molecule has 0 saturated carbocycles. The van der Waals surface area contributed by atoms with Crippen LogP contribution < -0.4 is 9.47 Å². The van der Waals surface area contributed by atoms with Crippen molar-refractivity contribution in [3.05, 3.63) is 72.6 Å². The summed E-state index contributed by atoms with van der Waals surface area (Å²) in [4.78, 5) is 0. The Morgan fingerprint density at radius 1 is 0.955 bits per heavy atom. The zero-order chi connectivity index (χ0) is 15.2. The van der Waals surface area contributed by atoms with Gasteiger partial charge in [0.1, 0.15) is 23.9 Å². The van der Waals surface area contributed by atoms with Crippen LogP contribution in [0.4, 0.5) is 0 Å². The highest BCUT2D eigenvalue weighted by Crippen LogP contribution is 2.24. The fraction of sp³-hybridized carbons (Fsp3) is 0.167. The summed E-state index contributed by atoms with van der Waals surface area (Å²) in [6.07, 6.45) is 3.68. The molecular weight excluding hydrogens is 276 g/mol. The minimum atomic E-state index is 0.583. The van der Waals surface area contributed by atoms with Crippen LogP contribution in [0.2, 0.25) is 0 Å². The molecule has 0 spiro atoms. The van der Waals surface area contributed by atoms with Gasteiger partial charge < -0.3 is 9.47 Å². The summed E-state index contributed by atoms with van der Waals surface area (Å²) in [6.45, 7) is 3.36. The molecule has 2 aromatic carbocycles. The maximum Gasteiger partial charge on any atom is 0.127 e. The Kier molecular flexibility index (Phi) is 4.39. The number of aromatic nitrogens is 2. The van der Waals surface area contributed by atoms with Gasteiger partial charge in [0.15, 0.2) is 0 Å². The molecule has 22 heavy (non-hydrogen) atoms. The van der Waals surface area contributed by atoms with Crippen molar-refractivity contribution in [1.29, 1.82) is 0 Å². The highest BCUT2D eigenvalue weighted by atomic mass is 16.5. The first-order valence-electron chi connectivity index (χ1n) is 7.24. The van der Waals surface area contributed by atoms with E-state index < -0.39 is 0 Å². The number of nitrogens with zero attached hydrogens (tertiary/aromatic N) is 2. The topological polar surface area (TPSA) is 36.3 Å². The van der Waals surface area contributed by atoms with Crippen LogP contribution in [0.25, 0.3) is 0 Å². The Labute approximate surface area is 129 Å². The summed E-state index contributed by atoms with van der Waals surface area (Å²) in [5.41, 5.74) is 1.18. The quantitative estimate of drug-likeness (QED) is 0.688. The number of rotatable bonds is 6. The first-order valence-corrected chi connectivity index (χ1v) is 7.24. The lowest BCUT2D eigenvalue weighted by molar-refractivity contribution is 0.291. The van der Waals surface area contributed by atoms with Crippen molar-refractivity contribution < 1.29 is 9.47 Å². The lowest BCUT2D eigenvalue weighted by atomic mass is 10.2. The van der Waals surface area contributed by atoms with Gasteiger partial charge in [-0.2, -0.15) is 5.10 Å². The van der Waals surface area contributed by atoms with Gasteiger partial charge >= 0.3 is 0 Å². The number of benzene rings is 2. The minimum Gasteiger partial charge on any atom is -0.492 e.